The van der Waals surface area contributed by atoms with Gasteiger partial charge in [0.1, 0.15) is 24.4 Å². The highest BCUT2D eigenvalue weighted by Gasteiger charge is 2.47. The molecule has 1 amide bonds. The van der Waals surface area contributed by atoms with E-state index in [4.69, 9.17) is 14.2 Å². The van der Waals surface area contributed by atoms with E-state index in [1.807, 2.05) is 42.5 Å². The molecule has 0 aromatic carbocycles. The Balaban J connectivity index is 2.65. The average molecular weight is 1100 g/mol. The molecule has 1 fully saturated rings. The van der Waals surface area contributed by atoms with Crippen LogP contribution < -0.4 is 5.32 Å². The van der Waals surface area contributed by atoms with E-state index in [0.717, 1.165) is 128 Å². The summed E-state index contributed by atoms with van der Waals surface area (Å²) < 4.78 is 17.6. The third-order valence-electron chi connectivity index (χ3n) is 14.0. The molecule has 79 heavy (non-hydrogen) atoms. The number of esters is 1. The lowest BCUT2D eigenvalue weighted by atomic mass is 9.99. The summed E-state index contributed by atoms with van der Waals surface area (Å²) in [5, 5.41) is 57.0. The number of aliphatic hydroxyl groups excluding tert-OH is 5. The number of hydrogen-bond acceptors (Lipinski definition) is 10. The van der Waals surface area contributed by atoms with Gasteiger partial charge in [-0.3, -0.25) is 9.59 Å². The van der Waals surface area contributed by atoms with Crippen molar-refractivity contribution in [3.8, 4) is 0 Å². The van der Waals surface area contributed by atoms with Gasteiger partial charge in [-0.2, -0.15) is 0 Å². The summed E-state index contributed by atoms with van der Waals surface area (Å²) in [6.07, 6.45) is 65.2. The Hall–Kier alpha value is -3.94. The number of amides is 1. The van der Waals surface area contributed by atoms with Crippen molar-refractivity contribution in [2.24, 2.45) is 0 Å². The molecule has 0 radical (unpaired) electrons. The molecule has 1 rings (SSSR count). The van der Waals surface area contributed by atoms with E-state index in [2.05, 4.69) is 99.0 Å². The van der Waals surface area contributed by atoms with Gasteiger partial charge in [0.05, 0.1) is 25.4 Å². The molecule has 1 aliphatic rings. The summed E-state index contributed by atoms with van der Waals surface area (Å²) >= 11 is 0. The number of carbonyl (C=O) groups excluding carboxylic acids is 2. The zero-order valence-corrected chi connectivity index (χ0v) is 49.7. The molecular formula is C68H113NO10. The van der Waals surface area contributed by atoms with E-state index in [-0.39, 0.29) is 19.4 Å². The third kappa shape index (κ3) is 42.6. The van der Waals surface area contributed by atoms with Crippen molar-refractivity contribution in [2.45, 2.75) is 282 Å². The van der Waals surface area contributed by atoms with Crippen molar-refractivity contribution in [3.05, 3.63) is 122 Å². The van der Waals surface area contributed by atoms with Gasteiger partial charge in [-0.25, -0.2) is 0 Å². The van der Waals surface area contributed by atoms with Crippen LogP contribution in [0.25, 0.3) is 0 Å². The van der Waals surface area contributed by atoms with E-state index >= 15 is 0 Å². The van der Waals surface area contributed by atoms with Gasteiger partial charge in [-0.15, -0.1) is 0 Å². The fourth-order valence-corrected chi connectivity index (χ4v) is 9.04. The Bertz CT molecular complexity index is 1740. The minimum absolute atomic E-state index is 0.0904. The molecule has 1 heterocycles. The van der Waals surface area contributed by atoms with Gasteiger partial charge in [0.25, 0.3) is 0 Å². The molecule has 0 bridgehead atoms. The molecule has 450 valence electrons. The smallest absolute Gasteiger partial charge is 0.306 e. The summed E-state index contributed by atoms with van der Waals surface area (Å²) in [6.45, 7) is 5.50. The highest BCUT2D eigenvalue weighted by Crippen LogP contribution is 2.26. The molecule has 0 saturated carbocycles. The van der Waals surface area contributed by atoms with Crippen LogP contribution in [-0.4, -0.2) is 99.6 Å². The standard InChI is InChI=1S/C68H113NO10/c1-4-7-10-13-16-19-22-24-26-27-28-29-30-31-32-33-34-36-37-40-43-46-49-52-55-61(72)67(76)69-59(60(71)54-51-48-45-42-39-21-18-15-12-9-6-3)58-77-68-66(65(75)64(74)62(57-70)78-68)79-63(73)56-53-50-47-44-41-38-35-25-23-20-17-14-11-8-5-2/h7-8,10-11,14,16-17,19-20,23-26,28-29,31-32,35,51,54,59-62,64-66,68,70-72,74-75H,4-6,9,12-13,15,18,21-22,27,30,33-34,36-50,52-53,55-58H2,1-3H3,(H,69,76)/b10-7-,11-8+,17-14+,19-16-,23-20+,26-24-,29-28-,32-31-,35-25-,54-51+. The number of allylic oxidation sites excluding steroid dienone is 19. The lowest BCUT2D eigenvalue weighted by molar-refractivity contribution is -0.305. The van der Waals surface area contributed by atoms with Crippen LogP contribution in [0, 0.1) is 0 Å². The van der Waals surface area contributed by atoms with Crippen LogP contribution in [0.5, 0.6) is 0 Å². The molecule has 8 unspecified atom stereocenters. The van der Waals surface area contributed by atoms with Gasteiger partial charge < -0.3 is 45.1 Å². The maximum absolute atomic E-state index is 13.4. The predicted octanol–water partition coefficient (Wildman–Crippen LogP) is 15.1. The SMILES string of the molecule is CC/C=C\C/C=C\C/C=C\C/C=C\C/C=C\CCCCCCCCCCC(O)C(=O)NC(COC1OC(CO)C(O)C(O)C1OC(=O)CCCCCCC\C=C/C=C/C=C/C=C/CC)C(O)/C=C/CCCCCCCCCCC. The van der Waals surface area contributed by atoms with E-state index < -0.39 is 67.4 Å². The van der Waals surface area contributed by atoms with Crippen LogP contribution >= 0.6 is 0 Å². The van der Waals surface area contributed by atoms with Crippen molar-refractivity contribution in [3.63, 3.8) is 0 Å². The Morgan fingerprint density at radius 2 is 0.975 bits per heavy atom. The summed E-state index contributed by atoms with van der Waals surface area (Å²) in [7, 11) is 0. The summed E-state index contributed by atoms with van der Waals surface area (Å²) in [6, 6.07) is -1.04. The van der Waals surface area contributed by atoms with Crippen molar-refractivity contribution >= 4 is 11.9 Å². The predicted molar refractivity (Wildman–Crippen MR) is 328 cm³/mol. The molecule has 0 aromatic heterocycles. The van der Waals surface area contributed by atoms with Gasteiger partial charge >= 0.3 is 5.97 Å². The first kappa shape index (κ1) is 73.1. The number of aliphatic hydroxyl groups is 5. The summed E-state index contributed by atoms with van der Waals surface area (Å²) in [5.41, 5.74) is 0. The number of hydrogen-bond donors (Lipinski definition) is 6. The van der Waals surface area contributed by atoms with Gasteiger partial charge in [0.15, 0.2) is 12.4 Å². The number of carbonyl (C=O) groups is 2. The van der Waals surface area contributed by atoms with Crippen LogP contribution in [0.1, 0.15) is 233 Å². The van der Waals surface area contributed by atoms with Gasteiger partial charge in [0.2, 0.25) is 5.91 Å². The van der Waals surface area contributed by atoms with E-state index in [1.54, 1.807) is 6.08 Å². The second-order valence-electron chi connectivity index (χ2n) is 21.1. The van der Waals surface area contributed by atoms with Crippen molar-refractivity contribution < 1.29 is 49.3 Å². The number of ether oxygens (including phenoxy) is 3. The molecule has 1 saturated heterocycles. The van der Waals surface area contributed by atoms with Gasteiger partial charge in [-0.1, -0.05) is 258 Å². The molecule has 11 nitrogen and oxygen atoms in total. The molecule has 6 N–H and O–H groups in total. The quantitative estimate of drug-likeness (QED) is 0.0149. The largest absolute Gasteiger partial charge is 0.454 e. The minimum atomic E-state index is -1.63. The molecule has 0 aromatic rings. The average Bonchev–Trinajstić information content (AvgIpc) is 3.44. The second-order valence-corrected chi connectivity index (χ2v) is 21.1. The highest BCUT2D eigenvalue weighted by atomic mass is 16.7. The first-order chi connectivity index (χ1) is 38.7. The molecular weight excluding hydrogens is 991 g/mol. The van der Waals surface area contributed by atoms with Crippen molar-refractivity contribution in [1.82, 2.24) is 5.32 Å². The third-order valence-corrected chi connectivity index (χ3v) is 14.0. The van der Waals surface area contributed by atoms with Crippen LogP contribution in [0.2, 0.25) is 0 Å². The van der Waals surface area contributed by atoms with Gasteiger partial charge in [0, 0.05) is 6.42 Å². The lowest BCUT2D eigenvalue weighted by Gasteiger charge is -2.41. The normalized spacial score (nSPS) is 19.7. The fourth-order valence-electron chi connectivity index (χ4n) is 9.04. The first-order valence-corrected chi connectivity index (χ1v) is 31.4. The molecule has 1 aliphatic heterocycles. The lowest BCUT2D eigenvalue weighted by Crippen LogP contribution is -2.61. The van der Waals surface area contributed by atoms with E-state index in [0.29, 0.717) is 12.8 Å². The van der Waals surface area contributed by atoms with Crippen molar-refractivity contribution in [2.75, 3.05) is 13.2 Å². The number of nitrogens with one attached hydrogen (secondary N) is 1. The monoisotopic (exact) mass is 1100 g/mol. The zero-order valence-electron chi connectivity index (χ0n) is 49.7. The zero-order chi connectivity index (χ0) is 57.5. The first-order valence-electron chi connectivity index (χ1n) is 31.4. The summed E-state index contributed by atoms with van der Waals surface area (Å²) in [4.78, 5) is 26.5. The van der Waals surface area contributed by atoms with Crippen LogP contribution in [-0.2, 0) is 23.8 Å². The summed E-state index contributed by atoms with van der Waals surface area (Å²) in [5.74, 6) is -1.23. The van der Waals surface area contributed by atoms with Crippen LogP contribution in [0.3, 0.4) is 0 Å². The van der Waals surface area contributed by atoms with Crippen molar-refractivity contribution in [1.29, 1.82) is 0 Å². The highest BCUT2D eigenvalue weighted by molar-refractivity contribution is 5.80. The Morgan fingerprint density at radius 3 is 1.52 bits per heavy atom. The van der Waals surface area contributed by atoms with Crippen LogP contribution in [0.15, 0.2) is 122 Å². The topological polar surface area (TPSA) is 175 Å². The van der Waals surface area contributed by atoms with Gasteiger partial charge in [-0.05, 0) is 89.9 Å². The number of unbranched alkanes of at least 4 members (excludes halogenated alkanes) is 22. The second kappa shape index (κ2) is 54.6. The van der Waals surface area contributed by atoms with E-state index in [1.165, 1.54) is 57.8 Å². The molecule has 8 atom stereocenters. The maximum atomic E-state index is 13.4. The Labute approximate surface area is 480 Å². The Morgan fingerprint density at radius 1 is 0.519 bits per heavy atom. The molecule has 0 aliphatic carbocycles. The molecule has 11 heteroatoms. The maximum Gasteiger partial charge on any atom is 0.306 e. The Kier molecular flexibility index (Phi) is 50.5. The minimum Gasteiger partial charge on any atom is -0.454 e. The van der Waals surface area contributed by atoms with E-state index in [9.17, 15) is 35.1 Å². The van der Waals surface area contributed by atoms with Crippen LogP contribution in [0.4, 0.5) is 0 Å². The molecule has 0 spiro atoms. The number of rotatable bonds is 51. The fraction of sp³-hybridized carbons (Fsp3) is 0.676.